The Bertz CT molecular complexity index is 577. The number of benzene rings is 1. The molecule has 2 aliphatic heterocycles. The molecule has 2 amide bonds. The summed E-state index contributed by atoms with van der Waals surface area (Å²) in [6, 6.07) is 6.32. The summed E-state index contributed by atoms with van der Waals surface area (Å²) in [5.74, 6) is 0.338. The van der Waals surface area contributed by atoms with Gasteiger partial charge in [0.1, 0.15) is 0 Å². The number of amides is 2. The van der Waals surface area contributed by atoms with Gasteiger partial charge in [-0.1, -0.05) is 0 Å². The summed E-state index contributed by atoms with van der Waals surface area (Å²) in [4.78, 5) is 29.0. The van der Waals surface area contributed by atoms with E-state index in [1.807, 2.05) is 18.0 Å². The SMILES string of the molecule is CC(=O)N1CCN(c2ccc3c(c2)CCC(=O)N3C)CC1. The zero-order chi connectivity index (χ0) is 15.0. The molecule has 0 aliphatic carbocycles. The molecule has 0 saturated carbocycles. The summed E-state index contributed by atoms with van der Waals surface area (Å²) < 4.78 is 0. The summed E-state index contributed by atoms with van der Waals surface area (Å²) >= 11 is 0. The Morgan fingerprint density at radius 3 is 2.48 bits per heavy atom. The first-order valence-electron chi connectivity index (χ1n) is 7.46. The van der Waals surface area contributed by atoms with Crippen LogP contribution in [0, 0.1) is 0 Å². The van der Waals surface area contributed by atoms with E-state index < -0.39 is 0 Å². The zero-order valence-electron chi connectivity index (χ0n) is 12.6. The normalized spacial score (nSPS) is 18.8. The fourth-order valence-corrected chi connectivity index (χ4v) is 3.12. The van der Waals surface area contributed by atoms with Crippen molar-refractivity contribution in [3.05, 3.63) is 23.8 Å². The Hall–Kier alpha value is -2.04. The van der Waals surface area contributed by atoms with Gasteiger partial charge in [-0.25, -0.2) is 0 Å². The van der Waals surface area contributed by atoms with E-state index in [0.29, 0.717) is 6.42 Å². The standard InChI is InChI=1S/C16H21N3O2/c1-12(20)18-7-9-19(10-8-18)14-4-5-15-13(11-14)3-6-16(21)17(15)2/h4-5,11H,3,6-10H2,1-2H3. The number of rotatable bonds is 1. The second kappa shape index (κ2) is 5.39. The summed E-state index contributed by atoms with van der Waals surface area (Å²) in [7, 11) is 1.84. The average Bonchev–Trinajstić information content (AvgIpc) is 2.51. The van der Waals surface area contributed by atoms with Crippen LogP contribution in [0.25, 0.3) is 0 Å². The van der Waals surface area contributed by atoms with Crippen molar-refractivity contribution in [3.63, 3.8) is 0 Å². The van der Waals surface area contributed by atoms with Crippen LogP contribution in [0.5, 0.6) is 0 Å². The van der Waals surface area contributed by atoms with Crippen molar-refractivity contribution in [2.45, 2.75) is 19.8 Å². The minimum Gasteiger partial charge on any atom is -0.368 e. The molecular formula is C16H21N3O2. The molecule has 0 spiro atoms. The van der Waals surface area contributed by atoms with E-state index in [0.717, 1.165) is 38.3 Å². The Kier molecular flexibility index (Phi) is 3.57. The highest BCUT2D eigenvalue weighted by Gasteiger charge is 2.23. The van der Waals surface area contributed by atoms with Crippen LogP contribution in [0.4, 0.5) is 11.4 Å². The summed E-state index contributed by atoms with van der Waals surface area (Å²) in [5, 5.41) is 0. The van der Waals surface area contributed by atoms with Crippen molar-refractivity contribution < 1.29 is 9.59 Å². The van der Waals surface area contributed by atoms with Gasteiger partial charge in [0.25, 0.3) is 0 Å². The van der Waals surface area contributed by atoms with Gasteiger partial charge in [-0.15, -0.1) is 0 Å². The summed E-state index contributed by atoms with van der Waals surface area (Å²) in [5.41, 5.74) is 3.46. The van der Waals surface area contributed by atoms with Crippen LogP contribution in [-0.2, 0) is 16.0 Å². The lowest BCUT2D eigenvalue weighted by Gasteiger charge is -2.36. The maximum atomic E-state index is 11.7. The second-order valence-corrected chi connectivity index (χ2v) is 5.76. The average molecular weight is 287 g/mol. The molecule has 5 nitrogen and oxygen atoms in total. The van der Waals surface area contributed by atoms with Crippen molar-refractivity contribution >= 4 is 23.2 Å². The maximum Gasteiger partial charge on any atom is 0.227 e. The Morgan fingerprint density at radius 2 is 1.81 bits per heavy atom. The van der Waals surface area contributed by atoms with Gasteiger partial charge in [-0.3, -0.25) is 9.59 Å². The molecular weight excluding hydrogens is 266 g/mol. The molecule has 2 heterocycles. The highest BCUT2D eigenvalue weighted by molar-refractivity contribution is 5.96. The van der Waals surface area contributed by atoms with Gasteiger partial charge in [0.15, 0.2) is 0 Å². The van der Waals surface area contributed by atoms with Crippen LogP contribution in [0.3, 0.4) is 0 Å². The van der Waals surface area contributed by atoms with Crippen molar-refractivity contribution in [1.29, 1.82) is 0 Å². The second-order valence-electron chi connectivity index (χ2n) is 5.76. The molecule has 2 aliphatic rings. The fourth-order valence-electron chi connectivity index (χ4n) is 3.12. The van der Waals surface area contributed by atoms with Crippen LogP contribution in [0.2, 0.25) is 0 Å². The quantitative estimate of drug-likeness (QED) is 0.781. The predicted molar refractivity (Wildman–Crippen MR) is 82.6 cm³/mol. The van der Waals surface area contributed by atoms with Crippen LogP contribution < -0.4 is 9.80 Å². The lowest BCUT2D eigenvalue weighted by Crippen LogP contribution is -2.48. The third-order valence-corrected chi connectivity index (χ3v) is 4.50. The van der Waals surface area contributed by atoms with Crippen LogP contribution in [0.1, 0.15) is 18.9 Å². The first-order valence-corrected chi connectivity index (χ1v) is 7.46. The number of aryl methyl sites for hydroxylation is 1. The number of nitrogens with zero attached hydrogens (tertiary/aromatic N) is 3. The zero-order valence-corrected chi connectivity index (χ0v) is 12.6. The number of hydrogen-bond donors (Lipinski definition) is 0. The van der Waals surface area contributed by atoms with E-state index in [4.69, 9.17) is 0 Å². The van der Waals surface area contributed by atoms with Crippen LogP contribution in [-0.4, -0.2) is 49.9 Å². The van der Waals surface area contributed by atoms with Gasteiger partial charge in [0.05, 0.1) is 0 Å². The number of hydrogen-bond acceptors (Lipinski definition) is 3. The largest absolute Gasteiger partial charge is 0.368 e. The van der Waals surface area contributed by atoms with Gasteiger partial charge < -0.3 is 14.7 Å². The highest BCUT2D eigenvalue weighted by atomic mass is 16.2. The van der Waals surface area contributed by atoms with E-state index in [2.05, 4.69) is 17.0 Å². The monoisotopic (exact) mass is 287 g/mol. The number of carbonyl (C=O) groups is 2. The maximum absolute atomic E-state index is 11.7. The molecule has 0 unspecified atom stereocenters. The van der Waals surface area contributed by atoms with Gasteiger partial charge in [-0.2, -0.15) is 0 Å². The molecule has 1 aromatic carbocycles. The molecule has 0 N–H and O–H groups in total. The minimum atomic E-state index is 0.153. The van der Waals surface area contributed by atoms with Crippen LogP contribution in [0.15, 0.2) is 18.2 Å². The van der Waals surface area contributed by atoms with Crippen molar-refractivity contribution in [2.75, 3.05) is 43.0 Å². The van der Waals surface area contributed by atoms with E-state index in [9.17, 15) is 9.59 Å². The molecule has 1 saturated heterocycles. The number of anilines is 2. The topological polar surface area (TPSA) is 43.9 Å². The van der Waals surface area contributed by atoms with Crippen molar-refractivity contribution in [3.8, 4) is 0 Å². The Labute approximate surface area is 125 Å². The predicted octanol–water partition coefficient (Wildman–Crippen LogP) is 1.26. The Morgan fingerprint density at radius 1 is 1.10 bits per heavy atom. The molecule has 0 aromatic heterocycles. The summed E-state index contributed by atoms with van der Waals surface area (Å²) in [6.45, 7) is 4.93. The third-order valence-electron chi connectivity index (χ3n) is 4.50. The molecule has 1 fully saturated rings. The van der Waals surface area contributed by atoms with Crippen molar-refractivity contribution in [1.82, 2.24) is 4.90 Å². The molecule has 21 heavy (non-hydrogen) atoms. The fraction of sp³-hybridized carbons (Fsp3) is 0.500. The molecule has 1 aromatic rings. The van der Waals surface area contributed by atoms with Gasteiger partial charge in [0.2, 0.25) is 11.8 Å². The number of carbonyl (C=O) groups excluding carboxylic acids is 2. The number of piperazine rings is 1. The molecule has 5 heteroatoms. The minimum absolute atomic E-state index is 0.153. The summed E-state index contributed by atoms with van der Waals surface area (Å²) in [6.07, 6.45) is 1.41. The Balaban J connectivity index is 1.76. The molecule has 0 bridgehead atoms. The first kappa shape index (κ1) is 13.9. The third kappa shape index (κ3) is 2.60. The van der Waals surface area contributed by atoms with Gasteiger partial charge >= 0.3 is 0 Å². The van der Waals surface area contributed by atoms with Gasteiger partial charge in [-0.05, 0) is 30.2 Å². The smallest absolute Gasteiger partial charge is 0.227 e. The lowest BCUT2D eigenvalue weighted by molar-refractivity contribution is -0.129. The van der Waals surface area contributed by atoms with E-state index in [-0.39, 0.29) is 11.8 Å². The molecule has 3 rings (SSSR count). The number of fused-ring (bicyclic) bond motifs is 1. The van der Waals surface area contributed by atoms with Crippen molar-refractivity contribution in [2.24, 2.45) is 0 Å². The molecule has 112 valence electrons. The van der Waals surface area contributed by atoms with Gasteiger partial charge in [0, 0.05) is 57.9 Å². The highest BCUT2D eigenvalue weighted by Crippen LogP contribution is 2.30. The molecule has 0 atom stereocenters. The van der Waals surface area contributed by atoms with E-state index >= 15 is 0 Å². The first-order chi connectivity index (χ1) is 10.1. The molecule has 0 radical (unpaired) electrons. The lowest BCUT2D eigenvalue weighted by atomic mass is 10.0. The van der Waals surface area contributed by atoms with E-state index in [1.54, 1.807) is 11.8 Å². The van der Waals surface area contributed by atoms with E-state index in [1.165, 1.54) is 11.3 Å². The van der Waals surface area contributed by atoms with Crippen LogP contribution >= 0.6 is 0 Å².